The SMILES string of the molecule is C1=CC2C(C3=CC(C4=CCCC5=C4CCC=C5)=CCC3)=CC=C(C3=c4ccccc4=C(C4=CC(C5=CCCC6=C5CCC=C6)=CCC4)CC3)C2C=C1. The molecule has 0 bridgehead atoms. The lowest BCUT2D eigenvalue weighted by molar-refractivity contribution is 0.601. The van der Waals surface area contributed by atoms with Crippen LogP contribution in [0, 0.1) is 11.8 Å². The Morgan fingerprint density at radius 1 is 0.442 bits per heavy atom. The minimum atomic E-state index is 0.380. The van der Waals surface area contributed by atoms with Gasteiger partial charge in [-0.2, -0.15) is 0 Å². The Morgan fingerprint density at radius 2 is 0.981 bits per heavy atom. The molecule has 2 unspecified atom stereocenters. The van der Waals surface area contributed by atoms with Crippen LogP contribution in [-0.2, 0) is 0 Å². The summed E-state index contributed by atoms with van der Waals surface area (Å²) in [5.41, 5.74) is 21.7. The van der Waals surface area contributed by atoms with Crippen molar-refractivity contribution in [1.82, 2.24) is 0 Å². The highest BCUT2D eigenvalue weighted by Crippen LogP contribution is 2.47. The molecule has 0 amide bonds. The van der Waals surface area contributed by atoms with Crippen LogP contribution in [0.15, 0.2) is 188 Å². The fourth-order valence-corrected chi connectivity index (χ4v) is 10.7. The van der Waals surface area contributed by atoms with Gasteiger partial charge < -0.3 is 0 Å². The normalized spacial score (nSPS) is 26.5. The van der Waals surface area contributed by atoms with Gasteiger partial charge in [0.25, 0.3) is 0 Å². The molecule has 258 valence electrons. The summed E-state index contributed by atoms with van der Waals surface area (Å²) >= 11 is 0. The van der Waals surface area contributed by atoms with Crippen LogP contribution in [0.2, 0.25) is 0 Å². The van der Waals surface area contributed by atoms with Gasteiger partial charge in [0.05, 0.1) is 0 Å². The van der Waals surface area contributed by atoms with E-state index in [0.29, 0.717) is 11.8 Å². The van der Waals surface area contributed by atoms with Crippen molar-refractivity contribution < 1.29 is 0 Å². The number of hydrogen-bond acceptors (Lipinski definition) is 0. The van der Waals surface area contributed by atoms with Crippen LogP contribution in [0.1, 0.15) is 89.9 Å². The van der Waals surface area contributed by atoms with Crippen molar-refractivity contribution in [2.24, 2.45) is 11.8 Å². The quantitative estimate of drug-likeness (QED) is 0.292. The van der Waals surface area contributed by atoms with Gasteiger partial charge in [0.15, 0.2) is 0 Å². The molecular formula is C52H50. The Hall–Kier alpha value is -4.68. The minimum Gasteiger partial charge on any atom is -0.0839 e. The van der Waals surface area contributed by atoms with Crippen LogP contribution < -0.4 is 10.4 Å². The van der Waals surface area contributed by atoms with Gasteiger partial charge in [0.2, 0.25) is 0 Å². The van der Waals surface area contributed by atoms with Gasteiger partial charge in [-0.1, -0.05) is 121 Å². The predicted octanol–water partition coefficient (Wildman–Crippen LogP) is 12.0. The molecule has 0 fully saturated rings. The fraction of sp³-hybridized carbons (Fsp3) is 0.308. The van der Waals surface area contributed by atoms with E-state index in [4.69, 9.17) is 0 Å². The zero-order valence-corrected chi connectivity index (χ0v) is 30.6. The molecule has 0 radical (unpaired) electrons. The summed E-state index contributed by atoms with van der Waals surface area (Å²) in [6.07, 6.45) is 55.6. The van der Waals surface area contributed by atoms with Gasteiger partial charge in [-0.25, -0.2) is 0 Å². The summed E-state index contributed by atoms with van der Waals surface area (Å²) in [6.45, 7) is 0. The summed E-state index contributed by atoms with van der Waals surface area (Å²) in [4.78, 5) is 0. The summed E-state index contributed by atoms with van der Waals surface area (Å²) in [6, 6.07) is 9.36. The molecule has 1 aromatic rings. The lowest BCUT2D eigenvalue weighted by Gasteiger charge is -2.36. The molecule has 1 aromatic carbocycles. The Kier molecular flexibility index (Phi) is 8.44. The van der Waals surface area contributed by atoms with Gasteiger partial charge in [-0.3, -0.25) is 0 Å². The monoisotopic (exact) mass is 674 g/mol. The Balaban J connectivity index is 1.02. The molecule has 0 N–H and O–H groups in total. The van der Waals surface area contributed by atoms with Gasteiger partial charge in [-0.15, -0.1) is 0 Å². The second-order valence-electron chi connectivity index (χ2n) is 16.0. The Morgan fingerprint density at radius 3 is 1.65 bits per heavy atom. The number of benzene rings is 1. The molecule has 0 saturated heterocycles. The molecule has 0 saturated carbocycles. The molecule has 10 rings (SSSR count). The van der Waals surface area contributed by atoms with Gasteiger partial charge >= 0.3 is 0 Å². The number of rotatable bonds is 5. The molecule has 2 atom stereocenters. The molecule has 0 heterocycles. The molecule has 0 aromatic heterocycles. The minimum absolute atomic E-state index is 0.380. The molecule has 0 aliphatic heterocycles. The van der Waals surface area contributed by atoms with Crippen molar-refractivity contribution in [1.29, 1.82) is 0 Å². The topological polar surface area (TPSA) is 0 Å². The second kappa shape index (κ2) is 13.7. The number of allylic oxidation sites excluding steroid dienone is 28. The molecule has 0 nitrogen and oxygen atoms in total. The van der Waals surface area contributed by atoms with E-state index in [9.17, 15) is 0 Å². The first-order valence-electron chi connectivity index (χ1n) is 20.4. The Bertz CT molecular complexity index is 2320. The van der Waals surface area contributed by atoms with Crippen molar-refractivity contribution >= 4 is 11.1 Å². The third-order valence-corrected chi connectivity index (χ3v) is 13.2. The van der Waals surface area contributed by atoms with Crippen molar-refractivity contribution in [3.05, 3.63) is 199 Å². The first-order valence-corrected chi connectivity index (χ1v) is 20.4. The standard InChI is InChI=1S/C52H50/c1-3-21-41-35(13-1)15-11-27-43(41)37-17-9-19-39(33-37)45-29-31-51(49-25-7-5-23-47(45)49)52-32-30-46(48-24-6-8-26-50(48)52)40-20-10-18-38(34-40)44-28-12-16-36-14-2-4-22-42(36)44/h1-2,5-8,13-14,17-18,23-29,31,33-34,47,49H,3-4,9-12,15-16,19-22,30,32H2. The first kappa shape index (κ1) is 32.0. The molecule has 0 spiro atoms. The van der Waals surface area contributed by atoms with E-state index in [2.05, 4.69) is 121 Å². The highest BCUT2D eigenvalue weighted by Gasteiger charge is 2.33. The maximum Gasteiger partial charge on any atom is 0.0128 e. The Labute approximate surface area is 310 Å². The second-order valence-corrected chi connectivity index (χ2v) is 16.0. The van der Waals surface area contributed by atoms with E-state index in [0.717, 1.165) is 51.4 Å². The lowest BCUT2D eigenvalue weighted by atomic mass is 9.68. The molecule has 9 aliphatic carbocycles. The predicted molar refractivity (Wildman–Crippen MR) is 219 cm³/mol. The van der Waals surface area contributed by atoms with Gasteiger partial charge in [0.1, 0.15) is 0 Å². The smallest absolute Gasteiger partial charge is 0.0128 e. The largest absolute Gasteiger partial charge is 0.0839 e. The number of hydrogen-bond donors (Lipinski definition) is 0. The molecule has 0 heteroatoms. The van der Waals surface area contributed by atoms with Crippen LogP contribution in [0.4, 0.5) is 0 Å². The van der Waals surface area contributed by atoms with E-state index in [1.165, 1.54) is 82.4 Å². The summed E-state index contributed by atoms with van der Waals surface area (Å²) in [7, 11) is 0. The molecular weight excluding hydrogens is 625 g/mol. The van der Waals surface area contributed by atoms with Crippen molar-refractivity contribution in [2.75, 3.05) is 0 Å². The summed E-state index contributed by atoms with van der Waals surface area (Å²) < 4.78 is 0. The van der Waals surface area contributed by atoms with Crippen LogP contribution in [0.5, 0.6) is 0 Å². The maximum atomic E-state index is 2.58. The van der Waals surface area contributed by atoms with Gasteiger partial charge in [0, 0.05) is 11.8 Å². The fourth-order valence-electron chi connectivity index (χ4n) is 10.7. The van der Waals surface area contributed by atoms with Crippen LogP contribution in [0.3, 0.4) is 0 Å². The van der Waals surface area contributed by atoms with E-state index in [-0.39, 0.29) is 0 Å². The van der Waals surface area contributed by atoms with Crippen LogP contribution in [-0.4, -0.2) is 0 Å². The summed E-state index contributed by atoms with van der Waals surface area (Å²) in [5, 5.41) is 2.93. The highest BCUT2D eigenvalue weighted by molar-refractivity contribution is 5.78. The van der Waals surface area contributed by atoms with E-state index in [1.54, 1.807) is 44.6 Å². The highest BCUT2D eigenvalue weighted by atomic mass is 14.4. The third kappa shape index (κ3) is 5.67. The number of fused-ring (bicyclic) bond motifs is 2. The van der Waals surface area contributed by atoms with E-state index in [1.807, 2.05) is 0 Å². The van der Waals surface area contributed by atoms with Crippen LogP contribution >= 0.6 is 0 Å². The average Bonchev–Trinajstić information content (AvgIpc) is 3.22. The zero-order valence-electron chi connectivity index (χ0n) is 30.6. The molecule has 52 heavy (non-hydrogen) atoms. The maximum absolute atomic E-state index is 2.58. The third-order valence-electron chi connectivity index (χ3n) is 13.2. The van der Waals surface area contributed by atoms with Crippen molar-refractivity contribution in [3.8, 4) is 0 Å². The van der Waals surface area contributed by atoms with Crippen molar-refractivity contribution in [3.63, 3.8) is 0 Å². The van der Waals surface area contributed by atoms with E-state index >= 15 is 0 Å². The lowest BCUT2D eigenvalue weighted by Crippen LogP contribution is -2.35. The average molecular weight is 675 g/mol. The van der Waals surface area contributed by atoms with Gasteiger partial charge in [-0.05, 0) is 178 Å². The van der Waals surface area contributed by atoms with E-state index < -0.39 is 0 Å². The van der Waals surface area contributed by atoms with Crippen molar-refractivity contribution in [2.45, 2.75) is 89.9 Å². The first-order chi connectivity index (χ1) is 25.8. The molecule has 9 aliphatic rings. The summed E-state index contributed by atoms with van der Waals surface area (Å²) in [5.74, 6) is 0.768. The van der Waals surface area contributed by atoms with Crippen LogP contribution in [0.25, 0.3) is 11.1 Å². The zero-order chi connectivity index (χ0) is 34.4.